The van der Waals surface area contributed by atoms with Crippen molar-refractivity contribution in [1.82, 2.24) is 10.2 Å². The fraction of sp³-hybridized carbons (Fsp3) is 0.458. The van der Waals surface area contributed by atoms with Gasteiger partial charge in [-0.1, -0.05) is 56.1 Å². The predicted octanol–water partition coefficient (Wildman–Crippen LogP) is 6.03. The third-order valence-electron chi connectivity index (χ3n) is 5.60. The fourth-order valence-electron chi connectivity index (χ4n) is 3.62. The van der Waals surface area contributed by atoms with Crippen LogP contribution in [0.25, 0.3) is 11.1 Å². The van der Waals surface area contributed by atoms with E-state index in [0.717, 1.165) is 34.8 Å². The topological polar surface area (TPSA) is 44.4 Å². The molecule has 0 unspecified atom stereocenters. The smallest absolute Gasteiger partial charge is 0.319 e. The number of carbonyl (C=O) groups excluding carboxylic acids is 1. The number of urea groups is 1. The van der Waals surface area contributed by atoms with Gasteiger partial charge in [-0.25, -0.2) is 4.79 Å². The average Bonchev–Trinajstić information content (AvgIpc) is 2.73. The lowest BCUT2D eigenvalue weighted by Crippen LogP contribution is -2.39. The van der Waals surface area contributed by atoms with Crippen LogP contribution in [0.2, 0.25) is 5.02 Å². The van der Waals surface area contributed by atoms with Gasteiger partial charge in [0.05, 0.1) is 0 Å². The van der Waals surface area contributed by atoms with Crippen molar-refractivity contribution in [3.05, 3.63) is 53.6 Å². The van der Waals surface area contributed by atoms with Gasteiger partial charge in [0.25, 0.3) is 0 Å². The summed E-state index contributed by atoms with van der Waals surface area (Å²) in [6.07, 6.45) is 5.08. The third kappa shape index (κ3) is 7.06. The molecule has 0 atom stereocenters. The van der Waals surface area contributed by atoms with Crippen LogP contribution in [-0.4, -0.2) is 37.1 Å². The summed E-state index contributed by atoms with van der Waals surface area (Å²) in [5.74, 6) is 0. The molecular weight excluding hydrogens is 382 g/mol. The second kappa shape index (κ2) is 10.1. The van der Waals surface area contributed by atoms with Crippen molar-refractivity contribution >= 4 is 23.3 Å². The number of hydrogen-bond donors (Lipinski definition) is 2. The largest absolute Gasteiger partial charge is 0.337 e. The molecular formula is C24H32ClN3O. The van der Waals surface area contributed by atoms with E-state index in [4.69, 9.17) is 11.6 Å². The van der Waals surface area contributed by atoms with E-state index < -0.39 is 0 Å². The van der Waals surface area contributed by atoms with Crippen LogP contribution in [0.15, 0.2) is 48.5 Å². The van der Waals surface area contributed by atoms with Crippen LogP contribution in [0.5, 0.6) is 0 Å². The van der Waals surface area contributed by atoms with Crippen LogP contribution >= 0.6 is 11.6 Å². The molecule has 156 valence electrons. The number of carbonyl (C=O) groups is 1. The molecule has 0 spiro atoms. The van der Waals surface area contributed by atoms with Crippen molar-refractivity contribution in [2.75, 3.05) is 31.5 Å². The molecule has 0 aromatic heterocycles. The van der Waals surface area contributed by atoms with Crippen LogP contribution in [0, 0.1) is 5.41 Å². The molecule has 4 nitrogen and oxygen atoms in total. The Labute approximate surface area is 179 Å². The first-order valence-electron chi connectivity index (χ1n) is 10.5. The van der Waals surface area contributed by atoms with Crippen LogP contribution < -0.4 is 10.6 Å². The minimum Gasteiger partial charge on any atom is -0.337 e. The number of hydrogen-bond acceptors (Lipinski definition) is 2. The molecule has 1 aliphatic heterocycles. The Balaban J connectivity index is 1.44. The summed E-state index contributed by atoms with van der Waals surface area (Å²) in [4.78, 5) is 14.9. The number of nitrogens with zero attached hydrogens (tertiary/aromatic N) is 1. The van der Waals surface area contributed by atoms with E-state index >= 15 is 0 Å². The van der Waals surface area contributed by atoms with Crippen molar-refractivity contribution in [3.63, 3.8) is 0 Å². The van der Waals surface area contributed by atoms with E-state index in [1.807, 2.05) is 48.5 Å². The summed E-state index contributed by atoms with van der Waals surface area (Å²) in [7, 11) is 0. The van der Waals surface area contributed by atoms with E-state index in [1.54, 1.807) is 0 Å². The lowest BCUT2D eigenvalue weighted by molar-refractivity contribution is 0.187. The Morgan fingerprint density at radius 3 is 2.17 bits per heavy atom. The van der Waals surface area contributed by atoms with Gasteiger partial charge in [0, 0.05) is 17.3 Å². The number of anilines is 1. The molecule has 2 aromatic carbocycles. The molecule has 2 amide bonds. The normalized spacial score (nSPS) is 15.1. The molecule has 29 heavy (non-hydrogen) atoms. The maximum Gasteiger partial charge on any atom is 0.319 e. The van der Waals surface area contributed by atoms with Gasteiger partial charge in [-0.15, -0.1) is 0 Å². The van der Waals surface area contributed by atoms with Crippen LogP contribution in [0.4, 0.5) is 10.5 Å². The standard InChI is InChI=1S/C24H32ClN3O/c1-24(2,14-17-28-15-4-3-5-16-28)18-26-23(29)27-22-12-8-20(9-13-22)19-6-10-21(25)11-7-19/h6-13H,3-5,14-18H2,1-2H3,(H2,26,27,29). The van der Waals surface area contributed by atoms with Crippen LogP contribution in [0.3, 0.4) is 0 Å². The second-order valence-corrected chi connectivity index (χ2v) is 9.14. The van der Waals surface area contributed by atoms with Gasteiger partial charge in [-0.3, -0.25) is 0 Å². The summed E-state index contributed by atoms with van der Waals surface area (Å²) in [5, 5.41) is 6.68. The van der Waals surface area contributed by atoms with Crippen molar-refractivity contribution in [2.45, 2.75) is 39.5 Å². The lowest BCUT2D eigenvalue weighted by atomic mass is 9.89. The average molecular weight is 414 g/mol. The highest BCUT2D eigenvalue weighted by atomic mass is 35.5. The third-order valence-corrected chi connectivity index (χ3v) is 5.85. The van der Waals surface area contributed by atoms with Gasteiger partial charge >= 0.3 is 6.03 Å². The minimum absolute atomic E-state index is 0.0766. The first-order valence-corrected chi connectivity index (χ1v) is 10.9. The molecule has 1 saturated heterocycles. The maximum absolute atomic E-state index is 12.3. The number of amides is 2. The molecule has 1 fully saturated rings. The number of benzene rings is 2. The Hall–Kier alpha value is -2.04. The summed E-state index contributed by atoms with van der Waals surface area (Å²) >= 11 is 5.95. The van der Waals surface area contributed by atoms with Crippen molar-refractivity contribution in [3.8, 4) is 11.1 Å². The van der Waals surface area contributed by atoms with E-state index in [1.165, 1.54) is 32.4 Å². The van der Waals surface area contributed by atoms with Crippen molar-refractivity contribution < 1.29 is 4.79 Å². The molecule has 1 heterocycles. The molecule has 1 aliphatic rings. The zero-order valence-electron chi connectivity index (χ0n) is 17.5. The molecule has 0 radical (unpaired) electrons. The predicted molar refractivity (Wildman–Crippen MR) is 123 cm³/mol. The highest BCUT2D eigenvalue weighted by molar-refractivity contribution is 6.30. The number of nitrogens with one attached hydrogen (secondary N) is 2. The van der Waals surface area contributed by atoms with Crippen molar-refractivity contribution in [2.24, 2.45) is 5.41 Å². The Morgan fingerprint density at radius 1 is 0.966 bits per heavy atom. The molecule has 3 rings (SSSR count). The molecule has 5 heteroatoms. The summed E-state index contributed by atoms with van der Waals surface area (Å²) in [6, 6.07) is 15.4. The maximum atomic E-state index is 12.3. The number of halogens is 1. The molecule has 0 bridgehead atoms. The molecule has 0 saturated carbocycles. The van der Waals surface area contributed by atoms with Crippen LogP contribution in [0.1, 0.15) is 39.5 Å². The summed E-state index contributed by atoms with van der Waals surface area (Å²) < 4.78 is 0. The summed E-state index contributed by atoms with van der Waals surface area (Å²) in [5.41, 5.74) is 3.05. The molecule has 2 N–H and O–H groups in total. The Bertz CT molecular complexity index is 781. The monoisotopic (exact) mass is 413 g/mol. The number of piperidine rings is 1. The first-order chi connectivity index (χ1) is 13.9. The highest BCUT2D eigenvalue weighted by Gasteiger charge is 2.21. The second-order valence-electron chi connectivity index (χ2n) is 8.71. The zero-order valence-corrected chi connectivity index (χ0v) is 18.3. The minimum atomic E-state index is -0.157. The SMILES string of the molecule is CC(C)(CCN1CCCCC1)CNC(=O)Nc1ccc(-c2ccc(Cl)cc2)cc1. The van der Waals surface area contributed by atoms with E-state index in [9.17, 15) is 4.79 Å². The van der Waals surface area contributed by atoms with E-state index in [0.29, 0.717) is 6.54 Å². The molecule has 2 aromatic rings. The Morgan fingerprint density at radius 2 is 1.55 bits per heavy atom. The summed E-state index contributed by atoms with van der Waals surface area (Å²) in [6.45, 7) is 8.65. The van der Waals surface area contributed by atoms with Gasteiger partial charge in [0.2, 0.25) is 0 Å². The van der Waals surface area contributed by atoms with Gasteiger partial charge in [-0.2, -0.15) is 0 Å². The number of rotatable bonds is 7. The van der Waals surface area contributed by atoms with Gasteiger partial charge < -0.3 is 15.5 Å². The lowest BCUT2D eigenvalue weighted by Gasteiger charge is -2.31. The fourth-order valence-corrected chi connectivity index (χ4v) is 3.74. The van der Waals surface area contributed by atoms with Crippen molar-refractivity contribution in [1.29, 1.82) is 0 Å². The number of likely N-dealkylation sites (tertiary alicyclic amines) is 1. The first kappa shape index (κ1) is 21.7. The van der Waals surface area contributed by atoms with Gasteiger partial charge in [-0.05, 0) is 79.7 Å². The van der Waals surface area contributed by atoms with E-state index in [2.05, 4.69) is 29.4 Å². The molecule has 0 aliphatic carbocycles. The Kier molecular flexibility index (Phi) is 7.57. The van der Waals surface area contributed by atoms with Gasteiger partial charge in [0.1, 0.15) is 0 Å². The highest BCUT2D eigenvalue weighted by Crippen LogP contribution is 2.24. The van der Waals surface area contributed by atoms with Gasteiger partial charge in [0.15, 0.2) is 0 Å². The zero-order chi connectivity index (χ0) is 20.7. The van der Waals surface area contributed by atoms with E-state index in [-0.39, 0.29) is 11.4 Å². The van der Waals surface area contributed by atoms with Crippen LogP contribution in [-0.2, 0) is 0 Å². The quantitative estimate of drug-likeness (QED) is 0.581.